The molecule has 4 aromatic rings. The van der Waals surface area contributed by atoms with Crippen molar-refractivity contribution in [3.8, 4) is 0 Å². The summed E-state index contributed by atoms with van der Waals surface area (Å²) in [5.74, 6) is -0.436. The van der Waals surface area contributed by atoms with E-state index in [0.29, 0.717) is 23.1 Å². The molecule has 5 rings (SSSR count). The third-order valence-electron chi connectivity index (χ3n) is 5.78. The van der Waals surface area contributed by atoms with E-state index in [1.54, 1.807) is 41.3 Å². The van der Waals surface area contributed by atoms with Crippen molar-refractivity contribution in [1.29, 1.82) is 0 Å². The second kappa shape index (κ2) is 8.09. The van der Waals surface area contributed by atoms with Gasteiger partial charge in [-0.2, -0.15) is 0 Å². The fourth-order valence-electron chi connectivity index (χ4n) is 4.15. The number of aromatic nitrogens is 2. The lowest BCUT2D eigenvalue weighted by atomic mass is 9.86. The lowest BCUT2D eigenvalue weighted by molar-refractivity contribution is -0.0799. The van der Waals surface area contributed by atoms with Crippen LogP contribution in [0, 0.1) is 0 Å². The van der Waals surface area contributed by atoms with E-state index in [1.165, 1.54) is 6.07 Å². The van der Waals surface area contributed by atoms with Gasteiger partial charge in [-0.3, -0.25) is 4.79 Å². The molecule has 1 aliphatic rings. The molecular weight excluding hydrogens is 442 g/mol. The zero-order valence-corrected chi connectivity index (χ0v) is 18.4. The summed E-state index contributed by atoms with van der Waals surface area (Å²) >= 11 is 0. The first-order valence-corrected chi connectivity index (χ1v) is 12.1. The third-order valence-corrected chi connectivity index (χ3v) is 7.49. The highest BCUT2D eigenvalue weighted by molar-refractivity contribution is 7.90. The van der Waals surface area contributed by atoms with Crippen LogP contribution in [-0.2, 0) is 22.0 Å². The van der Waals surface area contributed by atoms with Crippen LogP contribution in [-0.4, -0.2) is 53.3 Å². The van der Waals surface area contributed by atoms with E-state index >= 15 is 0 Å². The number of rotatable bonds is 6. The summed E-state index contributed by atoms with van der Waals surface area (Å²) in [5, 5.41) is 18.1. The number of aliphatic hydroxyl groups is 1. The van der Waals surface area contributed by atoms with E-state index in [2.05, 4.69) is 14.9 Å². The quantitative estimate of drug-likeness (QED) is 0.468. The van der Waals surface area contributed by atoms with Crippen molar-refractivity contribution in [1.82, 2.24) is 15.2 Å². The Balaban J connectivity index is 1.24. The van der Waals surface area contributed by atoms with Gasteiger partial charge in [-0.25, -0.2) is 13.0 Å². The van der Waals surface area contributed by atoms with Crippen molar-refractivity contribution < 1.29 is 22.9 Å². The minimum absolute atomic E-state index is 0.0553. The van der Waals surface area contributed by atoms with Gasteiger partial charge in [0.25, 0.3) is 5.91 Å². The molecule has 0 spiro atoms. The number of likely N-dealkylation sites (tertiary alicyclic amines) is 1. The normalized spacial score (nSPS) is 15.4. The first-order chi connectivity index (χ1) is 15.8. The minimum atomic E-state index is -3.69. The van der Waals surface area contributed by atoms with Crippen LogP contribution in [0.5, 0.6) is 0 Å². The number of β-amino-alcohol motifs (C(OH)–C–C–N with tert-alkyl or cyclic N) is 1. The molecule has 0 unspecified atom stereocenters. The maximum Gasteiger partial charge on any atom is 0.254 e. The molecule has 1 aliphatic heterocycles. The van der Waals surface area contributed by atoms with Gasteiger partial charge in [0, 0.05) is 12.0 Å². The van der Waals surface area contributed by atoms with Gasteiger partial charge < -0.3 is 10.0 Å². The van der Waals surface area contributed by atoms with Gasteiger partial charge in [0.15, 0.2) is 15.4 Å². The molecule has 1 amide bonds. The molecule has 9 heteroatoms. The summed E-state index contributed by atoms with van der Waals surface area (Å²) in [5.41, 5.74) is 1.66. The van der Waals surface area contributed by atoms with E-state index in [1.807, 2.05) is 30.3 Å². The van der Waals surface area contributed by atoms with E-state index in [-0.39, 0.29) is 35.2 Å². The van der Waals surface area contributed by atoms with E-state index in [9.17, 15) is 18.3 Å². The van der Waals surface area contributed by atoms with E-state index in [4.69, 9.17) is 0 Å². The van der Waals surface area contributed by atoms with Crippen molar-refractivity contribution in [2.75, 3.05) is 13.1 Å². The van der Waals surface area contributed by atoms with Crippen molar-refractivity contribution in [2.45, 2.75) is 22.7 Å². The Morgan fingerprint density at radius 1 is 0.939 bits per heavy atom. The van der Waals surface area contributed by atoms with Crippen LogP contribution in [0.15, 0.2) is 82.3 Å². The lowest BCUT2D eigenvalue weighted by Gasteiger charge is -2.46. The van der Waals surface area contributed by atoms with Gasteiger partial charge in [-0.1, -0.05) is 48.5 Å². The molecule has 1 saturated heterocycles. The molecule has 2 heterocycles. The van der Waals surface area contributed by atoms with Crippen molar-refractivity contribution in [2.24, 2.45) is 0 Å². The third kappa shape index (κ3) is 4.24. The Morgan fingerprint density at radius 2 is 1.67 bits per heavy atom. The van der Waals surface area contributed by atoms with Gasteiger partial charge in [0.05, 0.1) is 23.7 Å². The van der Waals surface area contributed by atoms with Gasteiger partial charge in [0.1, 0.15) is 11.1 Å². The smallest absolute Gasteiger partial charge is 0.254 e. The lowest BCUT2D eigenvalue weighted by Crippen LogP contribution is -2.64. The predicted molar refractivity (Wildman–Crippen MR) is 120 cm³/mol. The maximum atomic E-state index is 12.9. The Morgan fingerprint density at radius 3 is 2.39 bits per heavy atom. The monoisotopic (exact) mass is 463 g/mol. The molecule has 168 valence electrons. The number of carbonyl (C=O) groups excluding carboxylic acids is 1. The van der Waals surface area contributed by atoms with Gasteiger partial charge >= 0.3 is 0 Å². The van der Waals surface area contributed by atoms with Crippen molar-refractivity contribution in [3.63, 3.8) is 0 Å². The number of hydrogen-bond acceptors (Lipinski definition) is 7. The molecule has 0 saturated carbocycles. The summed E-state index contributed by atoms with van der Waals surface area (Å²) in [6.07, 6.45) is 0.488. The molecule has 1 N–H and O–H groups in total. The number of benzene rings is 3. The SMILES string of the molecule is O=C(c1ccc(CS(=O)(=O)c2cccc3nonc23)cc1)N1CC(O)(Cc2ccccc2)C1. The highest BCUT2D eigenvalue weighted by atomic mass is 32.2. The summed E-state index contributed by atoms with van der Waals surface area (Å²) in [7, 11) is -3.69. The number of sulfone groups is 1. The molecule has 3 aromatic carbocycles. The summed E-state index contributed by atoms with van der Waals surface area (Å²) < 4.78 is 30.5. The number of amides is 1. The Labute approximate surface area is 190 Å². The second-order valence-electron chi connectivity index (χ2n) is 8.39. The average molecular weight is 464 g/mol. The molecule has 0 radical (unpaired) electrons. The summed E-state index contributed by atoms with van der Waals surface area (Å²) in [6.45, 7) is 0.513. The van der Waals surface area contributed by atoms with Crippen molar-refractivity contribution in [3.05, 3.63) is 89.5 Å². The number of carbonyl (C=O) groups is 1. The molecular formula is C24H21N3O5S. The molecule has 0 atom stereocenters. The van der Waals surface area contributed by atoms with Crippen LogP contribution in [0.4, 0.5) is 0 Å². The zero-order valence-electron chi connectivity index (χ0n) is 17.6. The Kier molecular flexibility index (Phi) is 5.22. The molecule has 1 aromatic heterocycles. The Bertz CT molecular complexity index is 1410. The van der Waals surface area contributed by atoms with Crippen molar-refractivity contribution >= 4 is 26.8 Å². The van der Waals surface area contributed by atoms with Gasteiger partial charge in [-0.05, 0) is 45.7 Å². The van der Waals surface area contributed by atoms with Gasteiger partial charge in [0.2, 0.25) is 0 Å². The highest BCUT2D eigenvalue weighted by Gasteiger charge is 2.43. The predicted octanol–water partition coefficient (Wildman–Crippen LogP) is 2.63. The molecule has 8 nitrogen and oxygen atoms in total. The second-order valence-corrected chi connectivity index (χ2v) is 10.4. The topological polar surface area (TPSA) is 114 Å². The summed E-state index contributed by atoms with van der Waals surface area (Å²) in [6, 6.07) is 20.8. The number of hydrogen-bond donors (Lipinski definition) is 1. The molecule has 1 fully saturated rings. The molecule has 33 heavy (non-hydrogen) atoms. The van der Waals surface area contributed by atoms with Crippen LogP contribution < -0.4 is 0 Å². The summed E-state index contributed by atoms with van der Waals surface area (Å²) in [4.78, 5) is 14.4. The number of fused-ring (bicyclic) bond motifs is 1. The largest absolute Gasteiger partial charge is 0.386 e. The van der Waals surface area contributed by atoms with Crippen LogP contribution in [0.2, 0.25) is 0 Å². The Hall–Kier alpha value is -3.56. The van der Waals surface area contributed by atoms with Crippen LogP contribution in [0.1, 0.15) is 21.5 Å². The van der Waals surface area contributed by atoms with Crippen LogP contribution in [0.25, 0.3) is 11.0 Å². The highest BCUT2D eigenvalue weighted by Crippen LogP contribution is 2.28. The fraction of sp³-hybridized carbons (Fsp3) is 0.208. The van der Waals surface area contributed by atoms with E-state index in [0.717, 1.165) is 5.56 Å². The van der Waals surface area contributed by atoms with Crippen LogP contribution >= 0.6 is 0 Å². The first kappa shape index (κ1) is 21.3. The first-order valence-electron chi connectivity index (χ1n) is 10.4. The fourth-order valence-corrected chi connectivity index (χ4v) is 5.66. The number of nitrogens with zero attached hydrogens (tertiary/aromatic N) is 3. The molecule has 0 aliphatic carbocycles. The van der Waals surface area contributed by atoms with Gasteiger partial charge in [-0.15, -0.1) is 0 Å². The van der Waals surface area contributed by atoms with Crippen LogP contribution in [0.3, 0.4) is 0 Å². The minimum Gasteiger partial charge on any atom is -0.386 e. The van der Waals surface area contributed by atoms with E-state index < -0.39 is 15.4 Å². The average Bonchev–Trinajstić information content (AvgIpc) is 3.27. The maximum absolute atomic E-state index is 12.9. The zero-order chi connectivity index (χ0) is 23.1. The molecule has 0 bridgehead atoms. The standard InChI is InChI=1S/C24H21N3O5S/c28-23(27-15-24(29,16-27)13-17-5-2-1-3-6-17)19-11-9-18(10-12-19)14-33(30,31)21-8-4-7-20-22(21)26-32-25-20/h1-12,29H,13-16H2.